The normalized spacial score (nSPS) is 16.5. The van der Waals surface area contributed by atoms with E-state index in [4.69, 9.17) is 20.4 Å². The third-order valence-corrected chi connectivity index (χ3v) is 2.18. The Kier molecular flexibility index (Phi) is 21.0. The van der Waals surface area contributed by atoms with E-state index in [2.05, 4.69) is 4.52 Å². The second-order valence-corrected chi connectivity index (χ2v) is 4.21. The van der Waals surface area contributed by atoms with Crippen LogP contribution in [0.5, 0.6) is 0 Å². The van der Waals surface area contributed by atoms with Crippen molar-refractivity contribution in [3.8, 4) is 0 Å². The Bertz CT molecular complexity index is 311. The Labute approximate surface area is 180 Å². The summed E-state index contributed by atoms with van der Waals surface area (Å²) >= 11 is 0. The summed E-state index contributed by atoms with van der Waals surface area (Å²) in [6.45, 7) is -1.19. The molecule has 20 heavy (non-hydrogen) atoms. The van der Waals surface area contributed by atoms with Crippen molar-refractivity contribution >= 4 is 13.8 Å². The second-order valence-electron chi connectivity index (χ2n) is 3.06. The van der Waals surface area contributed by atoms with Crippen LogP contribution in [-0.2, 0) is 13.9 Å². The van der Waals surface area contributed by atoms with E-state index in [-0.39, 0.29) is 88.7 Å². The van der Waals surface area contributed by atoms with Crippen molar-refractivity contribution in [1.82, 2.24) is 0 Å². The van der Waals surface area contributed by atoms with Crippen LogP contribution < -0.4 is 104 Å². The number of aliphatic hydroxyl groups is 4. The maximum Gasteiger partial charge on any atom is 1.00 e. The molecule has 4 N–H and O–H groups in total. The summed E-state index contributed by atoms with van der Waals surface area (Å²) in [7, 11) is -5.38. The molecule has 0 aliphatic carbocycles. The van der Waals surface area contributed by atoms with Gasteiger partial charge in [0.25, 0.3) is 0 Å². The van der Waals surface area contributed by atoms with Crippen LogP contribution in [0.1, 0.15) is 0 Å². The van der Waals surface area contributed by atoms with Gasteiger partial charge in [0.2, 0.25) is 0 Å². The third-order valence-electron chi connectivity index (χ3n) is 1.71. The fraction of sp³-hybridized carbons (Fsp3) is 0.833. The van der Waals surface area contributed by atoms with Crippen molar-refractivity contribution in [2.45, 2.75) is 24.4 Å². The molecule has 0 aromatic carbocycles. The predicted molar refractivity (Wildman–Crippen MR) is 42.6 cm³/mol. The van der Waals surface area contributed by atoms with Crippen LogP contribution in [0, 0.1) is 0 Å². The first-order valence-corrected chi connectivity index (χ1v) is 5.62. The summed E-state index contributed by atoms with van der Waals surface area (Å²) in [6, 6.07) is 0. The standard InChI is InChI=1S/C6H13O10P.3Na/c7-2(1-16-17(13,14)15)3(8)4(9)5(10)6(11)12;;;/h2-5,7-10H,1H2,(H,11,12)(H2,13,14,15);;;/q;3*+1/p-3/t2-,3+,4+,5-;;;/m1.../s1. The van der Waals surface area contributed by atoms with E-state index in [9.17, 15) is 24.3 Å². The molecule has 4 atom stereocenters. The smallest absolute Gasteiger partial charge is 0.790 e. The summed E-state index contributed by atoms with van der Waals surface area (Å²) in [5, 5.41) is 45.9. The van der Waals surface area contributed by atoms with Gasteiger partial charge in [0.15, 0.2) is 0 Å². The first kappa shape index (κ1) is 30.3. The molecule has 10 nitrogen and oxygen atoms in total. The van der Waals surface area contributed by atoms with E-state index >= 15 is 0 Å². The summed E-state index contributed by atoms with van der Waals surface area (Å²) in [6.07, 6.45) is -9.16. The van der Waals surface area contributed by atoms with Gasteiger partial charge in [0.05, 0.1) is 20.4 Å². The summed E-state index contributed by atoms with van der Waals surface area (Å²) in [5.74, 6) is -2.11. The van der Waals surface area contributed by atoms with Gasteiger partial charge in [0, 0.05) is 0 Å². The second kappa shape index (κ2) is 13.8. The molecule has 0 aromatic rings. The molecule has 0 aromatic heterocycles. The molecular weight excluding hydrogens is 332 g/mol. The summed E-state index contributed by atoms with van der Waals surface area (Å²) in [5.41, 5.74) is 0. The first-order chi connectivity index (χ1) is 7.56. The van der Waals surface area contributed by atoms with E-state index in [0.717, 1.165) is 0 Å². The number of carbonyl (C=O) groups is 1. The molecular formula is C6H10Na3O10P. The Balaban J connectivity index is -0.000000427. The van der Waals surface area contributed by atoms with Gasteiger partial charge in [-0.3, -0.25) is 0 Å². The average molecular weight is 342 g/mol. The van der Waals surface area contributed by atoms with Crippen LogP contribution in [0.25, 0.3) is 0 Å². The van der Waals surface area contributed by atoms with Gasteiger partial charge in [-0.25, -0.2) is 0 Å². The topological polar surface area (TPSA) is 193 Å². The Morgan fingerprint density at radius 2 is 1.45 bits per heavy atom. The Hall–Kier alpha value is 2.42. The summed E-state index contributed by atoms with van der Waals surface area (Å²) in [4.78, 5) is 30.1. The van der Waals surface area contributed by atoms with Crippen molar-refractivity contribution in [2.75, 3.05) is 6.61 Å². The molecule has 0 unspecified atom stereocenters. The van der Waals surface area contributed by atoms with E-state index in [1.807, 2.05) is 0 Å². The molecule has 0 rings (SSSR count). The molecule has 0 aliphatic rings. The number of hydrogen-bond acceptors (Lipinski definition) is 10. The first-order valence-electron chi connectivity index (χ1n) is 4.16. The molecule has 0 heterocycles. The van der Waals surface area contributed by atoms with Crippen LogP contribution in [-0.4, -0.2) is 57.4 Å². The molecule has 0 bridgehead atoms. The maximum absolute atomic E-state index is 10.1. The van der Waals surface area contributed by atoms with Gasteiger partial charge in [0.1, 0.15) is 24.4 Å². The minimum Gasteiger partial charge on any atom is -0.790 e. The van der Waals surface area contributed by atoms with Gasteiger partial charge in [-0.15, -0.1) is 0 Å². The molecule has 0 radical (unpaired) electrons. The number of rotatable bonds is 7. The van der Waals surface area contributed by atoms with Crippen molar-refractivity contribution < 1.29 is 138 Å². The minimum absolute atomic E-state index is 0. The summed E-state index contributed by atoms with van der Waals surface area (Å²) < 4.78 is 13.6. The number of aliphatic carboxylic acids is 1. The molecule has 0 saturated carbocycles. The number of phosphoric ester groups is 1. The zero-order chi connectivity index (χ0) is 13.8. The fourth-order valence-electron chi connectivity index (χ4n) is 0.820. The number of hydrogen-bond donors (Lipinski definition) is 4. The van der Waals surface area contributed by atoms with Crippen molar-refractivity contribution in [3.63, 3.8) is 0 Å². The number of carbonyl (C=O) groups excluding carboxylic acids is 1. The zero-order valence-corrected chi connectivity index (χ0v) is 18.1. The molecule has 14 heteroatoms. The van der Waals surface area contributed by atoms with Gasteiger partial charge < -0.3 is 49.2 Å². The SMILES string of the molecule is O=C([O-])[C@H](O)[C@@H](O)[C@@H](O)[C@H](O)COP(=O)([O-])[O-].[Na+].[Na+].[Na+]. The van der Waals surface area contributed by atoms with Gasteiger partial charge >= 0.3 is 88.7 Å². The van der Waals surface area contributed by atoms with Gasteiger partial charge in [-0.1, -0.05) is 0 Å². The Morgan fingerprint density at radius 1 is 1.05 bits per heavy atom. The molecule has 102 valence electrons. The van der Waals surface area contributed by atoms with E-state index in [0.29, 0.717) is 0 Å². The number of aliphatic hydroxyl groups excluding tert-OH is 4. The predicted octanol–water partition coefficient (Wildman–Crippen LogP) is -15.0. The van der Waals surface area contributed by atoms with Crippen molar-refractivity contribution in [2.24, 2.45) is 0 Å². The van der Waals surface area contributed by atoms with E-state index < -0.39 is 44.8 Å². The van der Waals surface area contributed by atoms with Crippen molar-refractivity contribution in [3.05, 3.63) is 0 Å². The number of carboxylic acid groups (broad SMARTS) is 1. The third kappa shape index (κ3) is 12.9. The molecule has 0 aliphatic heterocycles. The monoisotopic (exact) mass is 342 g/mol. The number of phosphoric acid groups is 1. The minimum atomic E-state index is -5.38. The molecule has 0 spiro atoms. The Morgan fingerprint density at radius 3 is 1.75 bits per heavy atom. The fourth-order valence-corrected chi connectivity index (χ4v) is 1.16. The van der Waals surface area contributed by atoms with Crippen LogP contribution in [0.2, 0.25) is 0 Å². The average Bonchev–Trinajstić information content (AvgIpc) is 2.21. The van der Waals surface area contributed by atoms with Gasteiger partial charge in [-0.05, 0) is 0 Å². The molecule has 0 saturated heterocycles. The molecule has 0 fully saturated rings. The van der Waals surface area contributed by atoms with Crippen molar-refractivity contribution in [1.29, 1.82) is 0 Å². The quantitative estimate of drug-likeness (QED) is 0.255. The number of carboxylic acids is 1. The van der Waals surface area contributed by atoms with Crippen LogP contribution in [0.3, 0.4) is 0 Å². The van der Waals surface area contributed by atoms with Crippen LogP contribution in [0.15, 0.2) is 0 Å². The van der Waals surface area contributed by atoms with Gasteiger partial charge in [-0.2, -0.15) is 0 Å². The molecule has 0 amide bonds. The zero-order valence-electron chi connectivity index (χ0n) is 11.2. The van der Waals surface area contributed by atoms with Crippen LogP contribution >= 0.6 is 7.82 Å². The van der Waals surface area contributed by atoms with E-state index in [1.165, 1.54) is 0 Å². The largest absolute Gasteiger partial charge is 1.00 e. The maximum atomic E-state index is 10.1. The van der Waals surface area contributed by atoms with E-state index in [1.54, 1.807) is 0 Å². The van der Waals surface area contributed by atoms with Crippen LogP contribution in [0.4, 0.5) is 0 Å².